The number of amides is 2. The Labute approximate surface area is 173 Å². The standard InChI is InChI=1S/C23H32N4O2/c1-2-3-4-8-13-24-23(29)20-10-9-14-26(18-20)22(28)15-19-16-25-27(17-19)21-11-6-5-7-12-21/h5-7,11-12,16-17,20H,2-4,8-10,13-15,18H2,1H3,(H,24,29). The third-order valence-electron chi connectivity index (χ3n) is 5.49. The fourth-order valence-electron chi connectivity index (χ4n) is 3.79. The zero-order valence-electron chi connectivity index (χ0n) is 17.3. The second-order valence-electron chi connectivity index (χ2n) is 7.84. The molecule has 0 bridgehead atoms. The summed E-state index contributed by atoms with van der Waals surface area (Å²) < 4.78 is 1.79. The zero-order chi connectivity index (χ0) is 20.5. The minimum atomic E-state index is -0.0917. The number of rotatable bonds is 9. The van der Waals surface area contributed by atoms with Crippen molar-refractivity contribution in [3.05, 3.63) is 48.3 Å². The van der Waals surface area contributed by atoms with Crippen molar-refractivity contribution >= 4 is 11.8 Å². The molecule has 1 aromatic carbocycles. The molecule has 2 amide bonds. The van der Waals surface area contributed by atoms with Crippen LogP contribution in [0.3, 0.4) is 0 Å². The number of para-hydroxylation sites is 1. The molecule has 1 unspecified atom stereocenters. The van der Waals surface area contributed by atoms with Gasteiger partial charge in [-0.3, -0.25) is 9.59 Å². The van der Waals surface area contributed by atoms with Gasteiger partial charge in [0.05, 0.1) is 24.2 Å². The van der Waals surface area contributed by atoms with Gasteiger partial charge in [-0.25, -0.2) is 4.68 Å². The van der Waals surface area contributed by atoms with E-state index in [0.29, 0.717) is 13.0 Å². The van der Waals surface area contributed by atoms with Crippen molar-refractivity contribution in [2.24, 2.45) is 5.92 Å². The lowest BCUT2D eigenvalue weighted by atomic mass is 9.96. The second kappa shape index (κ2) is 10.8. The first-order chi connectivity index (χ1) is 14.2. The fourth-order valence-corrected chi connectivity index (χ4v) is 3.79. The molecule has 6 nitrogen and oxygen atoms in total. The Hall–Kier alpha value is -2.63. The van der Waals surface area contributed by atoms with E-state index in [-0.39, 0.29) is 17.7 Å². The predicted octanol–water partition coefficient (Wildman–Crippen LogP) is 3.35. The average Bonchev–Trinajstić information content (AvgIpc) is 3.22. The summed E-state index contributed by atoms with van der Waals surface area (Å²) in [5, 5.41) is 7.42. The Bertz CT molecular complexity index is 787. The lowest BCUT2D eigenvalue weighted by Gasteiger charge is -2.32. The number of nitrogens with one attached hydrogen (secondary N) is 1. The number of aromatic nitrogens is 2. The number of hydrogen-bond acceptors (Lipinski definition) is 3. The summed E-state index contributed by atoms with van der Waals surface area (Å²) in [7, 11) is 0. The quantitative estimate of drug-likeness (QED) is 0.661. The van der Waals surface area contributed by atoms with E-state index in [1.807, 2.05) is 41.4 Å². The van der Waals surface area contributed by atoms with Crippen molar-refractivity contribution < 1.29 is 9.59 Å². The molecule has 29 heavy (non-hydrogen) atoms. The number of carbonyl (C=O) groups excluding carboxylic acids is 2. The highest BCUT2D eigenvalue weighted by molar-refractivity contribution is 5.82. The summed E-state index contributed by atoms with van der Waals surface area (Å²) in [6.07, 6.45) is 10.3. The van der Waals surface area contributed by atoms with Gasteiger partial charge < -0.3 is 10.2 Å². The number of unbranched alkanes of at least 4 members (excludes halogenated alkanes) is 3. The average molecular weight is 397 g/mol. The highest BCUT2D eigenvalue weighted by atomic mass is 16.2. The Balaban J connectivity index is 1.48. The number of nitrogens with zero attached hydrogens (tertiary/aromatic N) is 3. The van der Waals surface area contributed by atoms with E-state index in [2.05, 4.69) is 17.3 Å². The van der Waals surface area contributed by atoms with Crippen LogP contribution >= 0.6 is 0 Å². The molecule has 1 aliphatic rings. The molecule has 1 atom stereocenters. The molecule has 0 spiro atoms. The number of carbonyl (C=O) groups is 2. The zero-order valence-corrected chi connectivity index (χ0v) is 17.3. The van der Waals surface area contributed by atoms with Crippen molar-refractivity contribution in [2.75, 3.05) is 19.6 Å². The predicted molar refractivity (Wildman–Crippen MR) is 114 cm³/mol. The number of likely N-dealkylation sites (tertiary alicyclic amines) is 1. The summed E-state index contributed by atoms with van der Waals surface area (Å²) in [4.78, 5) is 27.1. The number of hydrogen-bond donors (Lipinski definition) is 1. The van der Waals surface area contributed by atoms with Crippen LogP contribution in [-0.4, -0.2) is 46.1 Å². The summed E-state index contributed by atoms with van der Waals surface area (Å²) >= 11 is 0. The van der Waals surface area contributed by atoms with Gasteiger partial charge in [-0.15, -0.1) is 0 Å². The number of piperidine rings is 1. The Kier molecular flexibility index (Phi) is 7.85. The van der Waals surface area contributed by atoms with Gasteiger partial charge >= 0.3 is 0 Å². The molecule has 156 valence electrons. The first-order valence-corrected chi connectivity index (χ1v) is 10.8. The van der Waals surface area contributed by atoms with Gasteiger partial charge in [0.2, 0.25) is 11.8 Å². The van der Waals surface area contributed by atoms with Crippen molar-refractivity contribution in [1.29, 1.82) is 0 Å². The lowest BCUT2D eigenvalue weighted by molar-refractivity contribution is -0.135. The van der Waals surface area contributed by atoms with Crippen LogP contribution in [-0.2, 0) is 16.0 Å². The fraction of sp³-hybridized carbons (Fsp3) is 0.522. The highest BCUT2D eigenvalue weighted by Gasteiger charge is 2.28. The maximum absolute atomic E-state index is 12.8. The van der Waals surface area contributed by atoms with Crippen LogP contribution < -0.4 is 5.32 Å². The SMILES string of the molecule is CCCCCCNC(=O)C1CCCN(C(=O)Cc2cnn(-c3ccccc3)c2)C1. The van der Waals surface area contributed by atoms with E-state index < -0.39 is 0 Å². The molecule has 1 fully saturated rings. The van der Waals surface area contributed by atoms with E-state index in [4.69, 9.17) is 0 Å². The minimum Gasteiger partial charge on any atom is -0.356 e. The molecule has 1 saturated heterocycles. The summed E-state index contributed by atoms with van der Waals surface area (Å²) in [5.74, 6) is 0.0693. The maximum atomic E-state index is 12.8. The molecule has 1 N–H and O–H groups in total. The van der Waals surface area contributed by atoms with Crippen LogP contribution in [0.2, 0.25) is 0 Å². The van der Waals surface area contributed by atoms with Crippen LogP contribution in [0.4, 0.5) is 0 Å². The summed E-state index contributed by atoms with van der Waals surface area (Å²) in [5.41, 5.74) is 1.86. The van der Waals surface area contributed by atoms with Gasteiger partial charge in [-0.05, 0) is 37.0 Å². The molecule has 1 aromatic heterocycles. The largest absolute Gasteiger partial charge is 0.356 e. The lowest BCUT2D eigenvalue weighted by Crippen LogP contribution is -2.46. The van der Waals surface area contributed by atoms with Crippen molar-refractivity contribution in [2.45, 2.75) is 51.9 Å². The first kappa shape index (κ1) is 21.1. The van der Waals surface area contributed by atoms with Gasteiger partial charge in [0.1, 0.15) is 0 Å². The normalized spacial score (nSPS) is 16.6. The van der Waals surface area contributed by atoms with E-state index in [1.165, 1.54) is 12.8 Å². The number of benzene rings is 1. The molecule has 0 saturated carbocycles. The van der Waals surface area contributed by atoms with Crippen LogP contribution in [0.15, 0.2) is 42.7 Å². The Morgan fingerprint density at radius 1 is 1.17 bits per heavy atom. The topological polar surface area (TPSA) is 67.2 Å². The van der Waals surface area contributed by atoms with Crippen molar-refractivity contribution in [1.82, 2.24) is 20.0 Å². The van der Waals surface area contributed by atoms with Gasteiger partial charge in [0.25, 0.3) is 0 Å². The van der Waals surface area contributed by atoms with E-state index in [1.54, 1.807) is 10.9 Å². The van der Waals surface area contributed by atoms with Gasteiger partial charge in [-0.2, -0.15) is 5.10 Å². The summed E-state index contributed by atoms with van der Waals surface area (Å²) in [6.45, 7) is 4.17. The third-order valence-corrected chi connectivity index (χ3v) is 5.49. The smallest absolute Gasteiger partial charge is 0.227 e. The van der Waals surface area contributed by atoms with Crippen LogP contribution in [0, 0.1) is 5.92 Å². The molecule has 2 heterocycles. The van der Waals surface area contributed by atoms with Crippen molar-refractivity contribution in [3.8, 4) is 5.69 Å². The van der Waals surface area contributed by atoms with Crippen molar-refractivity contribution in [3.63, 3.8) is 0 Å². The molecular formula is C23H32N4O2. The molecule has 0 aliphatic carbocycles. The molecular weight excluding hydrogens is 364 g/mol. The Morgan fingerprint density at radius 3 is 2.79 bits per heavy atom. The summed E-state index contributed by atoms with van der Waals surface area (Å²) in [6, 6.07) is 9.85. The van der Waals surface area contributed by atoms with Crippen LogP contribution in [0.25, 0.3) is 5.69 Å². The Morgan fingerprint density at radius 2 is 2.00 bits per heavy atom. The molecule has 0 radical (unpaired) electrons. The molecule has 2 aromatic rings. The van der Waals surface area contributed by atoms with E-state index in [0.717, 1.165) is 50.0 Å². The van der Waals surface area contributed by atoms with E-state index in [9.17, 15) is 9.59 Å². The monoisotopic (exact) mass is 396 g/mol. The molecule has 1 aliphatic heterocycles. The molecule has 3 rings (SSSR count). The van der Waals surface area contributed by atoms with Crippen LogP contribution in [0.5, 0.6) is 0 Å². The van der Waals surface area contributed by atoms with E-state index >= 15 is 0 Å². The molecule has 6 heteroatoms. The van der Waals surface area contributed by atoms with Gasteiger partial charge in [-0.1, -0.05) is 44.4 Å². The first-order valence-electron chi connectivity index (χ1n) is 10.8. The minimum absolute atomic E-state index is 0.0676. The van der Waals surface area contributed by atoms with Gasteiger partial charge in [0, 0.05) is 25.8 Å². The van der Waals surface area contributed by atoms with Crippen LogP contribution in [0.1, 0.15) is 51.0 Å². The highest BCUT2D eigenvalue weighted by Crippen LogP contribution is 2.18. The second-order valence-corrected chi connectivity index (χ2v) is 7.84. The third kappa shape index (κ3) is 6.17. The van der Waals surface area contributed by atoms with Gasteiger partial charge in [0.15, 0.2) is 0 Å². The maximum Gasteiger partial charge on any atom is 0.227 e.